The minimum absolute atomic E-state index is 0.124. The van der Waals surface area contributed by atoms with Gasteiger partial charge in [-0.2, -0.15) is 5.26 Å². The molecule has 118 valence electrons. The summed E-state index contributed by atoms with van der Waals surface area (Å²) >= 11 is 5.88. The number of aliphatic hydroxyl groups excluding tert-OH is 1. The molecule has 0 saturated carbocycles. The van der Waals surface area contributed by atoms with Gasteiger partial charge in [-0.3, -0.25) is 14.4 Å². The van der Waals surface area contributed by atoms with Gasteiger partial charge in [-0.1, -0.05) is 11.6 Å². The summed E-state index contributed by atoms with van der Waals surface area (Å²) in [6.07, 6.45) is 0. The van der Waals surface area contributed by atoms with E-state index in [9.17, 15) is 24.8 Å². The molecule has 1 aliphatic rings. The maximum atomic E-state index is 12.6. The summed E-state index contributed by atoms with van der Waals surface area (Å²) in [6.45, 7) is 0.584. The lowest BCUT2D eigenvalue weighted by Gasteiger charge is -2.29. The van der Waals surface area contributed by atoms with Gasteiger partial charge in [0.05, 0.1) is 6.07 Å². The smallest absolute Gasteiger partial charge is 0.322 e. The number of halogens is 1. The first-order valence-electron chi connectivity index (χ1n) is 6.42. The second kappa shape index (κ2) is 5.74. The number of carboxylic acids is 1. The van der Waals surface area contributed by atoms with Crippen LogP contribution in [0.3, 0.4) is 0 Å². The summed E-state index contributed by atoms with van der Waals surface area (Å²) in [4.78, 5) is 35.1. The standard InChI is InChI=1S/C15H11ClN2O5/c1-15(6-17)9-4-7(16)2-3-8(9)12(21)11(13(15)22)14(23)18-5-10(19)20/h2-4,21H,5H2,1H3,(H,18,23)(H,19,20)/t15-/m1/s1. The van der Waals surface area contributed by atoms with E-state index in [0.717, 1.165) is 0 Å². The monoisotopic (exact) mass is 334 g/mol. The molecule has 0 fully saturated rings. The van der Waals surface area contributed by atoms with Crippen LogP contribution in [0.25, 0.3) is 5.76 Å². The van der Waals surface area contributed by atoms with Crippen LogP contribution in [-0.4, -0.2) is 34.4 Å². The minimum Gasteiger partial charge on any atom is -0.506 e. The first-order valence-corrected chi connectivity index (χ1v) is 6.80. The third-order valence-corrected chi connectivity index (χ3v) is 3.78. The first kappa shape index (κ1) is 16.5. The third-order valence-electron chi connectivity index (χ3n) is 3.54. The van der Waals surface area contributed by atoms with Gasteiger partial charge in [-0.25, -0.2) is 0 Å². The number of hydrogen-bond acceptors (Lipinski definition) is 5. The Morgan fingerprint density at radius 1 is 1.43 bits per heavy atom. The van der Waals surface area contributed by atoms with E-state index in [0.29, 0.717) is 0 Å². The molecule has 3 N–H and O–H groups in total. The molecule has 0 saturated heterocycles. The van der Waals surface area contributed by atoms with E-state index >= 15 is 0 Å². The molecule has 0 unspecified atom stereocenters. The summed E-state index contributed by atoms with van der Waals surface area (Å²) < 4.78 is 0. The number of carbonyl (C=O) groups excluding carboxylic acids is 2. The Labute approximate surface area is 135 Å². The first-order chi connectivity index (χ1) is 10.7. The zero-order valence-electron chi connectivity index (χ0n) is 11.9. The molecule has 1 aromatic carbocycles. The predicted molar refractivity (Wildman–Crippen MR) is 79.6 cm³/mol. The number of rotatable bonds is 3. The predicted octanol–water partition coefficient (Wildman–Crippen LogP) is 1.17. The number of nitriles is 1. The van der Waals surface area contributed by atoms with Gasteiger partial charge in [0.1, 0.15) is 23.3 Å². The van der Waals surface area contributed by atoms with Gasteiger partial charge in [-0.05, 0) is 30.7 Å². The highest BCUT2D eigenvalue weighted by atomic mass is 35.5. The van der Waals surface area contributed by atoms with Gasteiger partial charge in [0.2, 0.25) is 0 Å². The van der Waals surface area contributed by atoms with Gasteiger partial charge in [-0.15, -0.1) is 0 Å². The second-order valence-electron chi connectivity index (χ2n) is 5.06. The van der Waals surface area contributed by atoms with E-state index < -0.39 is 41.0 Å². The number of carbonyl (C=O) groups is 3. The molecule has 0 radical (unpaired) electrons. The number of aliphatic hydroxyl groups is 1. The van der Waals surface area contributed by atoms with Crippen LogP contribution in [0, 0.1) is 11.3 Å². The van der Waals surface area contributed by atoms with Crippen LogP contribution in [0.2, 0.25) is 5.02 Å². The van der Waals surface area contributed by atoms with Crippen molar-refractivity contribution in [3.05, 3.63) is 39.9 Å². The molecule has 1 atom stereocenters. The molecule has 0 bridgehead atoms. The third kappa shape index (κ3) is 2.64. The zero-order chi connectivity index (χ0) is 17.4. The summed E-state index contributed by atoms with van der Waals surface area (Å²) in [7, 11) is 0. The molecule has 0 spiro atoms. The van der Waals surface area contributed by atoms with Crippen molar-refractivity contribution in [2.75, 3.05) is 6.54 Å². The van der Waals surface area contributed by atoms with Crippen LogP contribution in [-0.2, 0) is 19.8 Å². The molecular weight excluding hydrogens is 324 g/mol. The van der Waals surface area contributed by atoms with Crippen molar-refractivity contribution in [2.45, 2.75) is 12.3 Å². The van der Waals surface area contributed by atoms with E-state index in [-0.39, 0.29) is 16.1 Å². The van der Waals surface area contributed by atoms with Crippen molar-refractivity contribution in [1.29, 1.82) is 5.26 Å². The Bertz CT molecular complexity index is 809. The van der Waals surface area contributed by atoms with E-state index in [1.54, 1.807) is 0 Å². The van der Waals surface area contributed by atoms with Gasteiger partial charge < -0.3 is 15.5 Å². The summed E-state index contributed by atoms with van der Waals surface area (Å²) in [5.74, 6) is -3.90. The summed E-state index contributed by atoms with van der Waals surface area (Å²) in [5.41, 5.74) is -2.06. The Kier molecular flexibility index (Phi) is 4.12. The van der Waals surface area contributed by atoms with Crippen LogP contribution in [0.4, 0.5) is 0 Å². The number of hydrogen-bond donors (Lipinski definition) is 3. The van der Waals surface area contributed by atoms with Crippen molar-refractivity contribution in [1.82, 2.24) is 5.32 Å². The van der Waals surface area contributed by atoms with Gasteiger partial charge in [0, 0.05) is 10.6 Å². The molecule has 0 aromatic heterocycles. The fraction of sp³-hybridized carbons (Fsp3) is 0.200. The Morgan fingerprint density at radius 2 is 2.09 bits per heavy atom. The molecule has 1 aromatic rings. The van der Waals surface area contributed by atoms with Crippen LogP contribution in [0.15, 0.2) is 23.8 Å². The number of benzene rings is 1. The normalized spacial score (nSPS) is 19.8. The van der Waals surface area contributed by atoms with E-state index in [2.05, 4.69) is 0 Å². The average Bonchev–Trinajstić information content (AvgIpc) is 2.50. The zero-order valence-corrected chi connectivity index (χ0v) is 12.6. The number of Topliss-reactive ketones (excluding diaryl/α,β-unsaturated/α-hetero) is 1. The Morgan fingerprint density at radius 3 is 2.65 bits per heavy atom. The quantitative estimate of drug-likeness (QED) is 0.712. The van der Waals surface area contributed by atoms with Crippen molar-refractivity contribution in [3.8, 4) is 6.07 Å². The molecule has 2 rings (SSSR count). The molecule has 0 aliphatic heterocycles. The Hall–Kier alpha value is -2.85. The maximum absolute atomic E-state index is 12.6. The van der Waals surface area contributed by atoms with E-state index in [1.165, 1.54) is 25.1 Å². The minimum atomic E-state index is -1.72. The molecule has 8 heteroatoms. The van der Waals surface area contributed by atoms with Crippen molar-refractivity contribution >= 4 is 35.0 Å². The molecule has 0 heterocycles. The number of aliphatic carboxylic acids is 1. The summed E-state index contributed by atoms with van der Waals surface area (Å²) in [6, 6.07) is 6.04. The van der Waals surface area contributed by atoms with Crippen LogP contribution in [0.1, 0.15) is 18.1 Å². The largest absolute Gasteiger partial charge is 0.506 e. The molecule has 23 heavy (non-hydrogen) atoms. The van der Waals surface area contributed by atoms with Crippen molar-refractivity contribution in [2.24, 2.45) is 0 Å². The van der Waals surface area contributed by atoms with E-state index in [4.69, 9.17) is 16.7 Å². The number of carboxylic acid groups (broad SMARTS) is 1. The van der Waals surface area contributed by atoms with Crippen molar-refractivity contribution in [3.63, 3.8) is 0 Å². The highest BCUT2D eigenvalue weighted by Gasteiger charge is 2.47. The fourth-order valence-electron chi connectivity index (χ4n) is 2.32. The number of amides is 1. The molecule has 1 aliphatic carbocycles. The van der Waals surface area contributed by atoms with Crippen molar-refractivity contribution < 1.29 is 24.6 Å². The fourth-order valence-corrected chi connectivity index (χ4v) is 2.49. The van der Waals surface area contributed by atoms with Crippen LogP contribution < -0.4 is 5.32 Å². The van der Waals surface area contributed by atoms with Crippen LogP contribution in [0.5, 0.6) is 0 Å². The SMILES string of the molecule is C[C@]1(C#N)C(=O)C(C(=O)NCC(=O)O)=C(O)c2ccc(Cl)cc21. The lowest BCUT2D eigenvalue weighted by Crippen LogP contribution is -2.43. The number of ketones is 1. The lowest BCUT2D eigenvalue weighted by molar-refractivity contribution is -0.137. The number of fused-ring (bicyclic) bond motifs is 1. The topological polar surface area (TPSA) is 127 Å². The highest BCUT2D eigenvalue weighted by Crippen LogP contribution is 2.40. The van der Waals surface area contributed by atoms with Gasteiger partial charge in [0.25, 0.3) is 5.91 Å². The molecule has 1 amide bonds. The van der Waals surface area contributed by atoms with Crippen LogP contribution >= 0.6 is 11.6 Å². The van der Waals surface area contributed by atoms with Gasteiger partial charge in [0.15, 0.2) is 5.78 Å². The van der Waals surface area contributed by atoms with E-state index in [1.807, 2.05) is 11.4 Å². The average molecular weight is 335 g/mol. The second-order valence-corrected chi connectivity index (χ2v) is 5.49. The number of nitrogens with zero attached hydrogens (tertiary/aromatic N) is 1. The van der Waals surface area contributed by atoms with Gasteiger partial charge >= 0.3 is 5.97 Å². The lowest BCUT2D eigenvalue weighted by atomic mass is 9.70. The summed E-state index contributed by atoms with van der Waals surface area (Å²) in [5, 5.41) is 30.5. The highest BCUT2D eigenvalue weighted by molar-refractivity contribution is 6.32. The molecule has 7 nitrogen and oxygen atoms in total. The number of nitrogens with one attached hydrogen (secondary N) is 1. The maximum Gasteiger partial charge on any atom is 0.322 e. The molecular formula is C15H11ClN2O5. The Balaban J connectivity index is 2.63.